The molecule has 0 aliphatic rings. The molecule has 0 fully saturated rings. The van der Waals surface area contributed by atoms with Gasteiger partial charge in [-0.3, -0.25) is 10.1 Å². The van der Waals surface area contributed by atoms with E-state index in [0.717, 1.165) is 12.0 Å². The first-order valence-electron chi connectivity index (χ1n) is 7.69. The maximum absolute atomic E-state index is 12.5. The molecule has 1 aromatic carbocycles. The summed E-state index contributed by atoms with van der Waals surface area (Å²) in [6.07, 6.45) is 1.12. The van der Waals surface area contributed by atoms with Gasteiger partial charge in [-0.25, -0.2) is 12.4 Å². The summed E-state index contributed by atoms with van der Waals surface area (Å²) >= 11 is 1.63. The van der Waals surface area contributed by atoms with E-state index in [1.807, 2.05) is 13.8 Å². The number of methoxy groups -OCH3 is 1. The first kappa shape index (κ1) is 19.7. The summed E-state index contributed by atoms with van der Waals surface area (Å²) in [7, 11) is -2.09. The predicted molar refractivity (Wildman–Crippen MR) is 101 cm³/mol. The van der Waals surface area contributed by atoms with E-state index >= 15 is 0 Å². The Balaban J connectivity index is 2.86. The summed E-state index contributed by atoms with van der Waals surface area (Å²) in [5, 5.41) is 11.7. The van der Waals surface area contributed by atoms with Crippen molar-refractivity contribution in [3.05, 3.63) is 39.6 Å². The number of hydrogen-bond donors (Lipinski definition) is 0. The van der Waals surface area contributed by atoms with Crippen molar-refractivity contribution in [2.24, 2.45) is 0 Å². The number of nitro groups is 1. The summed E-state index contributed by atoms with van der Waals surface area (Å²) in [6, 6.07) is 4.63. The van der Waals surface area contributed by atoms with Crippen LogP contribution in [-0.2, 0) is 20.4 Å². The molecule has 0 N–H and O–H groups in total. The largest absolute Gasteiger partial charge is 0.371 e. The van der Waals surface area contributed by atoms with Crippen LogP contribution < -0.4 is 0 Å². The average molecular weight is 386 g/mol. The highest BCUT2D eigenvalue weighted by atomic mass is 32.2. The Labute approximate surface area is 151 Å². The Morgan fingerprint density at radius 1 is 1.36 bits per heavy atom. The smallest absolute Gasteiger partial charge is 0.273 e. The molecule has 0 saturated carbocycles. The van der Waals surface area contributed by atoms with Gasteiger partial charge in [0.25, 0.3) is 5.69 Å². The number of fused-ring (bicyclic) bond motifs is 1. The summed E-state index contributed by atoms with van der Waals surface area (Å²) in [4.78, 5) is 10.7. The fourth-order valence-electron chi connectivity index (χ4n) is 2.78. The summed E-state index contributed by atoms with van der Waals surface area (Å²) in [5.74, 6) is 1.43. The zero-order chi connectivity index (χ0) is 19.0. The van der Waals surface area contributed by atoms with E-state index in [2.05, 4.69) is 0 Å². The van der Waals surface area contributed by atoms with Gasteiger partial charge in [-0.2, -0.15) is 11.8 Å². The lowest BCUT2D eigenvalue weighted by Gasteiger charge is -2.29. The van der Waals surface area contributed by atoms with Crippen molar-refractivity contribution in [3.63, 3.8) is 0 Å². The number of thioether (sulfide) groups is 1. The van der Waals surface area contributed by atoms with Crippen LogP contribution in [0.3, 0.4) is 0 Å². The monoisotopic (exact) mass is 386 g/mol. The van der Waals surface area contributed by atoms with Crippen LogP contribution >= 0.6 is 11.8 Å². The Morgan fingerprint density at radius 3 is 2.48 bits per heavy atom. The number of nitro benzene ring substituents is 1. The van der Waals surface area contributed by atoms with Gasteiger partial charge in [0.2, 0.25) is 10.0 Å². The third kappa shape index (κ3) is 3.68. The van der Waals surface area contributed by atoms with E-state index in [1.54, 1.807) is 30.8 Å². The maximum Gasteiger partial charge on any atom is 0.273 e. The van der Waals surface area contributed by atoms with Gasteiger partial charge in [0.05, 0.1) is 22.4 Å². The quantitative estimate of drug-likeness (QED) is 0.536. The second kappa shape index (κ2) is 6.97. The summed E-state index contributed by atoms with van der Waals surface area (Å²) in [5.41, 5.74) is 0.422. The zero-order valence-corrected chi connectivity index (χ0v) is 16.5. The number of nitrogens with zero attached hydrogens (tertiary/aromatic N) is 2. The molecule has 0 radical (unpaired) electrons. The van der Waals surface area contributed by atoms with Crippen molar-refractivity contribution in [1.82, 2.24) is 3.97 Å². The van der Waals surface area contributed by atoms with Gasteiger partial charge in [0, 0.05) is 29.9 Å². The minimum Gasteiger partial charge on any atom is -0.371 e. The molecule has 1 aromatic heterocycles. The van der Waals surface area contributed by atoms with Crippen molar-refractivity contribution < 1.29 is 18.1 Å². The lowest BCUT2D eigenvalue weighted by molar-refractivity contribution is -0.385. The summed E-state index contributed by atoms with van der Waals surface area (Å²) in [6.45, 7) is 5.44. The van der Waals surface area contributed by atoms with Gasteiger partial charge in [0.15, 0.2) is 0 Å². The van der Waals surface area contributed by atoms with Crippen molar-refractivity contribution >= 4 is 38.4 Å². The third-order valence-electron chi connectivity index (χ3n) is 4.18. The first-order valence-corrected chi connectivity index (χ1v) is 10.7. The summed E-state index contributed by atoms with van der Waals surface area (Å²) < 4.78 is 31.8. The molecule has 1 unspecified atom stereocenters. The molecule has 138 valence electrons. The molecule has 1 heterocycles. The molecule has 0 spiro atoms. The van der Waals surface area contributed by atoms with Crippen molar-refractivity contribution in [2.45, 2.75) is 26.4 Å². The highest BCUT2D eigenvalue weighted by Crippen LogP contribution is 2.36. The van der Waals surface area contributed by atoms with Crippen LogP contribution in [0.5, 0.6) is 0 Å². The second-order valence-corrected chi connectivity index (χ2v) is 9.19. The fraction of sp³-hybridized carbons (Fsp3) is 0.500. The van der Waals surface area contributed by atoms with Crippen LogP contribution in [0.25, 0.3) is 10.9 Å². The van der Waals surface area contributed by atoms with Gasteiger partial charge < -0.3 is 4.74 Å². The van der Waals surface area contributed by atoms with Crippen LogP contribution in [0, 0.1) is 17.0 Å². The molecule has 7 nitrogen and oxygen atoms in total. The molecule has 25 heavy (non-hydrogen) atoms. The number of hydrogen-bond acceptors (Lipinski definition) is 6. The number of benzene rings is 1. The van der Waals surface area contributed by atoms with Gasteiger partial charge in [-0.1, -0.05) is 6.92 Å². The van der Waals surface area contributed by atoms with Crippen molar-refractivity contribution in [2.75, 3.05) is 24.9 Å². The molecule has 9 heteroatoms. The Hall–Kier alpha value is -1.58. The number of aromatic nitrogens is 1. The van der Waals surface area contributed by atoms with E-state index in [1.165, 1.54) is 17.1 Å². The molecule has 0 bridgehead atoms. The Kier molecular flexibility index (Phi) is 5.50. The Bertz CT molecular complexity index is 920. The molecular weight excluding hydrogens is 364 g/mol. The van der Waals surface area contributed by atoms with Crippen LogP contribution in [-0.4, -0.2) is 42.2 Å². The van der Waals surface area contributed by atoms with E-state index in [4.69, 9.17) is 4.74 Å². The maximum atomic E-state index is 12.5. The topological polar surface area (TPSA) is 91.4 Å². The highest BCUT2D eigenvalue weighted by molar-refractivity contribution is 7.99. The lowest BCUT2D eigenvalue weighted by atomic mass is 10.0. The molecule has 2 rings (SSSR count). The minimum atomic E-state index is -3.63. The van der Waals surface area contributed by atoms with Gasteiger partial charge in [-0.05, 0) is 31.7 Å². The molecule has 0 saturated heterocycles. The second-order valence-electron chi connectivity index (χ2n) is 6.08. The van der Waals surface area contributed by atoms with Crippen LogP contribution in [0.4, 0.5) is 5.69 Å². The SMILES string of the molecule is CCSCC(C)(OC)c1cc2cc([N+](=O)[O-])c(C)cc2n1S(C)(=O)=O. The molecule has 0 aliphatic heterocycles. The molecule has 0 aliphatic carbocycles. The standard InChI is InChI=1S/C16H22N2O5S2/c1-6-24-10-16(3,23-4)15-9-12-8-13(18(19)20)11(2)7-14(12)17(15)25(5,21)22/h7-9H,6,10H2,1-5H3. The molecule has 2 aromatic rings. The normalized spacial score (nSPS) is 14.6. The average Bonchev–Trinajstić information content (AvgIpc) is 2.90. The first-order chi connectivity index (χ1) is 11.5. The lowest BCUT2D eigenvalue weighted by Crippen LogP contribution is -2.32. The van der Waals surface area contributed by atoms with Crippen LogP contribution in [0.2, 0.25) is 0 Å². The van der Waals surface area contributed by atoms with Gasteiger partial charge >= 0.3 is 0 Å². The fourth-order valence-corrected chi connectivity index (χ4v) is 4.76. The zero-order valence-electron chi connectivity index (χ0n) is 14.9. The van der Waals surface area contributed by atoms with Crippen molar-refractivity contribution in [1.29, 1.82) is 0 Å². The van der Waals surface area contributed by atoms with Crippen LogP contribution in [0.1, 0.15) is 25.1 Å². The minimum absolute atomic E-state index is 0.0354. The van der Waals surface area contributed by atoms with E-state index in [0.29, 0.717) is 27.9 Å². The van der Waals surface area contributed by atoms with E-state index in [-0.39, 0.29) is 5.69 Å². The molecule has 1 atom stereocenters. The van der Waals surface area contributed by atoms with Crippen LogP contribution in [0.15, 0.2) is 18.2 Å². The van der Waals surface area contributed by atoms with Crippen molar-refractivity contribution in [3.8, 4) is 0 Å². The number of rotatable bonds is 7. The Morgan fingerprint density at radius 2 is 2.00 bits per heavy atom. The van der Waals surface area contributed by atoms with Gasteiger partial charge in [0.1, 0.15) is 5.60 Å². The third-order valence-corrected chi connectivity index (χ3v) is 6.40. The highest BCUT2D eigenvalue weighted by Gasteiger charge is 2.34. The van der Waals surface area contributed by atoms with Gasteiger partial charge in [-0.15, -0.1) is 0 Å². The predicted octanol–water partition coefficient (Wildman–Crippen LogP) is 3.28. The molecule has 0 amide bonds. The number of ether oxygens (including phenoxy) is 1. The number of aryl methyl sites for hydroxylation is 1. The molecular formula is C16H22N2O5S2. The van der Waals surface area contributed by atoms with E-state index in [9.17, 15) is 18.5 Å². The van der Waals surface area contributed by atoms with E-state index < -0.39 is 20.5 Å².